The van der Waals surface area contributed by atoms with E-state index in [1.807, 2.05) is 12.4 Å². The number of aromatic amines is 1. The molecule has 1 aromatic heterocycles. The predicted molar refractivity (Wildman–Crippen MR) is 58.4 cm³/mol. The van der Waals surface area contributed by atoms with Crippen LogP contribution in [0.5, 0.6) is 0 Å². The Balaban J connectivity index is 2.35. The molecule has 80 valence electrons. The molecule has 1 rings (SSSR count). The molecule has 0 atom stereocenters. The van der Waals surface area contributed by atoms with Crippen molar-refractivity contribution in [3.8, 4) is 0 Å². The van der Waals surface area contributed by atoms with Crippen LogP contribution in [0, 0.1) is 0 Å². The molecule has 14 heavy (non-hydrogen) atoms. The minimum absolute atomic E-state index is 0.148. The van der Waals surface area contributed by atoms with Crippen LogP contribution in [0.2, 0.25) is 0 Å². The monoisotopic (exact) mass is 196 g/mol. The van der Waals surface area contributed by atoms with E-state index in [1.165, 1.54) is 5.56 Å². The fraction of sp³-hybridized carbons (Fsp3) is 0.636. The van der Waals surface area contributed by atoms with Crippen molar-refractivity contribution in [3.63, 3.8) is 0 Å². The summed E-state index contributed by atoms with van der Waals surface area (Å²) in [7, 11) is 0. The summed E-state index contributed by atoms with van der Waals surface area (Å²) in [6.45, 7) is 6.50. The molecule has 0 radical (unpaired) electrons. The quantitative estimate of drug-likeness (QED) is 0.600. The van der Waals surface area contributed by atoms with Crippen LogP contribution in [0.4, 0.5) is 0 Å². The summed E-state index contributed by atoms with van der Waals surface area (Å²) in [4.78, 5) is 3.07. The number of rotatable bonds is 6. The van der Waals surface area contributed by atoms with Gasteiger partial charge in [-0.3, -0.25) is 0 Å². The van der Waals surface area contributed by atoms with Crippen molar-refractivity contribution in [3.05, 3.63) is 24.0 Å². The van der Waals surface area contributed by atoms with Gasteiger partial charge in [-0.1, -0.05) is 13.8 Å². The first-order valence-corrected chi connectivity index (χ1v) is 5.11. The highest BCUT2D eigenvalue weighted by molar-refractivity contribution is 5.20. The normalized spacial score (nSPS) is 11.9. The van der Waals surface area contributed by atoms with Crippen LogP contribution in [-0.4, -0.2) is 29.8 Å². The number of aliphatic hydroxyl groups excluding tert-OH is 1. The number of aliphatic hydroxyl groups is 1. The number of nitrogens with one attached hydrogen (secondary N) is 2. The SMILES string of the molecule is CC(C)(CNCCCO)c1cc[nH]c1. The average Bonchev–Trinajstić information content (AvgIpc) is 2.65. The van der Waals surface area contributed by atoms with Gasteiger partial charge < -0.3 is 15.4 Å². The van der Waals surface area contributed by atoms with Crippen molar-refractivity contribution in [1.82, 2.24) is 10.3 Å². The minimum atomic E-state index is 0.148. The molecule has 0 aliphatic heterocycles. The van der Waals surface area contributed by atoms with E-state index in [4.69, 9.17) is 5.11 Å². The zero-order valence-corrected chi connectivity index (χ0v) is 9.01. The smallest absolute Gasteiger partial charge is 0.0443 e. The Morgan fingerprint density at radius 3 is 2.86 bits per heavy atom. The lowest BCUT2D eigenvalue weighted by atomic mass is 9.86. The van der Waals surface area contributed by atoms with E-state index in [2.05, 4.69) is 30.2 Å². The molecule has 0 saturated heterocycles. The van der Waals surface area contributed by atoms with Gasteiger partial charge in [-0.15, -0.1) is 0 Å². The van der Waals surface area contributed by atoms with Crippen LogP contribution in [0.3, 0.4) is 0 Å². The third-order valence-electron chi connectivity index (χ3n) is 2.46. The highest BCUT2D eigenvalue weighted by Gasteiger charge is 2.19. The molecular formula is C11H20N2O. The van der Waals surface area contributed by atoms with Gasteiger partial charge in [0.15, 0.2) is 0 Å². The molecule has 3 N–H and O–H groups in total. The lowest BCUT2D eigenvalue weighted by Crippen LogP contribution is -2.33. The molecule has 0 saturated carbocycles. The first kappa shape index (κ1) is 11.3. The van der Waals surface area contributed by atoms with E-state index in [9.17, 15) is 0 Å². The van der Waals surface area contributed by atoms with Crippen molar-refractivity contribution in [2.75, 3.05) is 19.7 Å². The Morgan fingerprint density at radius 2 is 2.29 bits per heavy atom. The maximum Gasteiger partial charge on any atom is 0.0443 e. The van der Waals surface area contributed by atoms with Crippen LogP contribution in [0.1, 0.15) is 25.8 Å². The fourth-order valence-electron chi connectivity index (χ4n) is 1.45. The largest absolute Gasteiger partial charge is 0.396 e. The number of hydrogen-bond acceptors (Lipinski definition) is 2. The second-order valence-corrected chi connectivity index (χ2v) is 4.24. The van der Waals surface area contributed by atoms with Gasteiger partial charge in [-0.2, -0.15) is 0 Å². The van der Waals surface area contributed by atoms with Gasteiger partial charge >= 0.3 is 0 Å². The Morgan fingerprint density at radius 1 is 1.50 bits per heavy atom. The Hall–Kier alpha value is -0.800. The van der Waals surface area contributed by atoms with Crippen molar-refractivity contribution >= 4 is 0 Å². The van der Waals surface area contributed by atoms with Gasteiger partial charge in [-0.25, -0.2) is 0 Å². The fourth-order valence-corrected chi connectivity index (χ4v) is 1.45. The van der Waals surface area contributed by atoms with Crippen molar-refractivity contribution in [1.29, 1.82) is 0 Å². The van der Waals surface area contributed by atoms with Crippen LogP contribution < -0.4 is 5.32 Å². The van der Waals surface area contributed by atoms with Crippen molar-refractivity contribution in [2.24, 2.45) is 0 Å². The summed E-state index contributed by atoms with van der Waals surface area (Å²) in [6.07, 6.45) is 4.81. The molecular weight excluding hydrogens is 176 g/mol. The van der Waals surface area contributed by atoms with Crippen LogP contribution in [-0.2, 0) is 5.41 Å². The van der Waals surface area contributed by atoms with Gasteiger partial charge in [0.1, 0.15) is 0 Å². The second-order valence-electron chi connectivity index (χ2n) is 4.24. The van der Waals surface area contributed by atoms with Crippen molar-refractivity contribution < 1.29 is 5.11 Å². The van der Waals surface area contributed by atoms with E-state index in [0.29, 0.717) is 0 Å². The lowest BCUT2D eigenvalue weighted by molar-refractivity contribution is 0.284. The van der Waals surface area contributed by atoms with Gasteiger partial charge in [-0.05, 0) is 24.6 Å². The molecule has 0 spiro atoms. The molecule has 1 heterocycles. The first-order chi connectivity index (χ1) is 6.67. The van der Waals surface area contributed by atoms with Crippen molar-refractivity contribution in [2.45, 2.75) is 25.7 Å². The minimum Gasteiger partial charge on any atom is -0.396 e. The summed E-state index contributed by atoms with van der Waals surface area (Å²) in [5.74, 6) is 0. The predicted octanol–water partition coefficient (Wildman–Crippen LogP) is 1.26. The number of aromatic nitrogens is 1. The molecule has 1 aromatic rings. The molecule has 0 fully saturated rings. The topological polar surface area (TPSA) is 48.0 Å². The maximum atomic E-state index is 8.63. The Kier molecular flexibility index (Phi) is 4.17. The average molecular weight is 196 g/mol. The molecule has 3 heteroatoms. The third kappa shape index (κ3) is 3.16. The van der Waals surface area contributed by atoms with E-state index in [0.717, 1.165) is 19.5 Å². The second kappa shape index (κ2) is 5.17. The van der Waals surface area contributed by atoms with E-state index in [-0.39, 0.29) is 12.0 Å². The number of H-pyrrole nitrogens is 1. The molecule has 0 aromatic carbocycles. The first-order valence-electron chi connectivity index (χ1n) is 5.11. The molecule has 0 bridgehead atoms. The Labute approximate surface area is 85.5 Å². The van der Waals surface area contributed by atoms with Crippen LogP contribution >= 0.6 is 0 Å². The van der Waals surface area contributed by atoms with Gasteiger partial charge in [0.25, 0.3) is 0 Å². The standard InChI is InChI=1S/C11H20N2O/c1-11(2,9-13-5-3-7-14)10-4-6-12-8-10/h4,6,8,12-14H,3,5,7,9H2,1-2H3. The Bertz CT molecular complexity index is 242. The molecule has 0 aliphatic rings. The van der Waals surface area contributed by atoms with E-state index >= 15 is 0 Å². The third-order valence-corrected chi connectivity index (χ3v) is 2.46. The van der Waals surface area contributed by atoms with E-state index < -0.39 is 0 Å². The number of hydrogen-bond donors (Lipinski definition) is 3. The summed E-state index contributed by atoms with van der Waals surface area (Å²) in [5, 5.41) is 12.0. The summed E-state index contributed by atoms with van der Waals surface area (Å²) < 4.78 is 0. The lowest BCUT2D eigenvalue weighted by Gasteiger charge is -2.24. The summed E-state index contributed by atoms with van der Waals surface area (Å²) in [6, 6.07) is 2.10. The van der Waals surface area contributed by atoms with Crippen LogP contribution in [0.15, 0.2) is 18.5 Å². The van der Waals surface area contributed by atoms with Gasteiger partial charge in [0, 0.05) is 31.0 Å². The molecule has 0 amide bonds. The molecule has 0 aliphatic carbocycles. The highest BCUT2D eigenvalue weighted by atomic mass is 16.3. The van der Waals surface area contributed by atoms with E-state index in [1.54, 1.807) is 0 Å². The molecule has 3 nitrogen and oxygen atoms in total. The van der Waals surface area contributed by atoms with Crippen LogP contribution in [0.25, 0.3) is 0 Å². The summed E-state index contributed by atoms with van der Waals surface area (Å²) in [5.41, 5.74) is 1.46. The highest BCUT2D eigenvalue weighted by Crippen LogP contribution is 2.21. The molecule has 0 unspecified atom stereocenters. The zero-order valence-electron chi connectivity index (χ0n) is 9.01. The summed E-state index contributed by atoms with van der Waals surface area (Å²) >= 11 is 0. The zero-order chi connectivity index (χ0) is 10.4. The van der Waals surface area contributed by atoms with Gasteiger partial charge in [0.05, 0.1) is 0 Å². The maximum absolute atomic E-state index is 8.63. The van der Waals surface area contributed by atoms with Gasteiger partial charge in [0.2, 0.25) is 0 Å².